The van der Waals surface area contributed by atoms with Gasteiger partial charge >= 0.3 is 0 Å². The second-order valence-corrected chi connectivity index (χ2v) is 8.30. The van der Waals surface area contributed by atoms with E-state index in [0.29, 0.717) is 19.6 Å². The van der Waals surface area contributed by atoms with Gasteiger partial charge in [-0.05, 0) is 50.3 Å². The second-order valence-electron chi connectivity index (χ2n) is 8.30. The second kappa shape index (κ2) is 11.0. The topological polar surface area (TPSA) is 53.8 Å². The van der Waals surface area contributed by atoms with Gasteiger partial charge in [0.1, 0.15) is 11.5 Å². The Balaban J connectivity index is 1.68. The minimum atomic E-state index is -0.0141. The summed E-state index contributed by atoms with van der Waals surface area (Å²) in [5.74, 6) is 1.84. The van der Waals surface area contributed by atoms with Gasteiger partial charge in [-0.15, -0.1) is 0 Å². The molecule has 30 heavy (non-hydrogen) atoms. The maximum Gasteiger partial charge on any atom is 0.242 e. The van der Waals surface area contributed by atoms with Gasteiger partial charge in [0, 0.05) is 19.0 Å². The Hall–Kier alpha value is -2.56. The van der Waals surface area contributed by atoms with Crippen molar-refractivity contribution >= 4 is 11.8 Å². The van der Waals surface area contributed by atoms with E-state index in [2.05, 4.69) is 19.1 Å². The maximum absolute atomic E-state index is 13.3. The van der Waals surface area contributed by atoms with Crippen LogP contribution in [0.15, 0.2) is 46.9 Å². The molecule has 5 nitrogen and oxygen atoms in total. The summed E-state index contributed by atoms with van der Waals surface area (Å²) in [6, 6.07) is 14.0. The van der Waals surface area contributed by atoms with Gasteiger partial charge in [0.15, 0.2) is 0 Å². The third-order valence-corrected chi connectivity index (χ3v) is 5.84. The van der Waals surface area contributed by atoms with Crippen molar-refractivity contribution in [2.45, 2.75) is 58.9 Å². The van der Waals surface area contributed by atoms with Crippen molar-refractivity contribution in [1.29, 1.82) is 0 Å². The summed E-state index contributed by atoms with van der Waals surface area (Å²) in [6.07, 6.45) is 5.77. The molecule has 1 aromatic carbocycles. The zero-order chi connectivity index (χ0) is 21.3. The predicted molar refractivity (Wildman–Crippen MR) is 118 cm³/mol. The smallest absolute Gasteiger partial charge is 0.242 e. The zero-order valence-electron chi connectivity index (χ0n) is 18.3. The van der Waals surface area contributed by atoms with Crippen LogP contribution >= 0.6 is 0 Å². The van der Waals surface area contributed by atoms with Crippen molar-refractivity contribution in [2.75, 3.05) is 19.6 Å². The van der Waals surface area contributed by atoms with Crippen molar-refractivity contribution in [3.8, 4) is 0 Å². The molecule has 5 heteroatoms. The number of hydrogen-bond donors (Lipinski definition) is 0. The normalized spacial score (nSPS) is 14.1. The van der Waals surface area contributed by atoms with Gasteiger partial charge in [-0.25, -0.2) is 0 Å². The lowest BCUT2D eigenvalue weighted by atomic mass is 10.1. The average Bonchev–Trinajstić information content (AvgIpc) is 3.43. The number of rotatable bonds is 10. The lowest BCUT2D eigenvalue weighted by Gasteiger charge is -2.29. The van der Waals surface area contributed by atoms with Crippen molar-refractivity contribution in [2.24, 2.45) is 5.92 Å². The fourth-order valence-corrected chi connectivity index (χ4v) is 4.19. The molecule has 0 aliphatic heterocycles. The van der Waals surface area contributed by atoms with Crippen molar-refractivity contribution in [3.05, 3.63) is 59.5 Å². The van der Waals surface area contributed by atoms with E-state index in [1.54, 1.807) is 4.90 Å². The Morgan fingerprint density at radius 3 is 2.37 bits per heavy atom. The molecule has 2 amide bonds. The van der Waals surface area contributed by atoms with Gasteiger partial charge < -0.3 is 14.2 Å². The SMILES string of the molecule is CCCN(CC(=O)N(CCc1ccccc1)Cc1ccc(C)o1)C(=O)C1CCCC1. The van der Waals surface area contributed by atoms with Gasteiger partial charge in [-0.1, -0.05) is 50.1 Å². The molecule has 1 heterocycles. The van der Waals surface area contributed by atoms with Crippen LogP contribution in [-0.4, -0.2) is 41.2 Å². The van der Waals surface area contributed by atoms with E-state index < -0.39 is 0 Å². The Morgan fingerprint density at radius 2 is 1.73 bits per heavy atom. The molecule has 3 rings (SSSR count). The Labute approximate surface area is 180 Å². The summed E-state index contributed by atoms with van der Waals surface area (Å²) in [4.78, 5) is 29.8. The van der Waals surface area contributed by atoms with Crippen LogP contribution < -0.4 is 0 Å². The lowest BCUT2D eigenvalue weighted by molar-refractivity contribution is -0.143. The molecule has 1 aliphatic rings. The van der Waals surface area contributed by atoms with Crippen molar-refractivity contribution in [3.63, 3.8) is 0 Å². The molecule has 1 fully saturated rings. The van der Waals surface area contributed by atoms with Crippen molar-refractivity contribution < 1.29 is 14.0 Å². The predicted octanol–water partition coefficient (Wildman–Crippen LogP) is 4.59. The summed E-state index contributed by atoms with van der Waals surface area (Å²) in [5, 5.41) is 0. The maximum atomic E-state index is 13.3. The third kappa shape index (κ3) is 6.22. The standard InChI is InChI=1S/C25H34N2O3/c1-3-16-27(25(29)22-11-7-8-12-22)19-24(28)26(18-23-14-13-20(2)30-23)17-15-21-9-5-4-6-10-21/h4-6,9-10,13-14,22H,3,7-8,11-12,15-19H2,1-2H3. The number of hydrogen-bond acceptors (Lipinski definition) is 3. The van der Waals surface area contributed by atoms with E-state index >= 15 is 0 Å². The van der Waals surface area contributed by atoms with E-state index in [1.165, 1.54) is 5.56 Å². The molecular weight excluding hydrogens is 376 g/mol. The lowest BCUT2D eigenvalue weighted by Crippen LogP contribution is -2.45. The van der Waals surface area contributed by atoms with Crippen LogP contribution in [0.1, 0.15) is 56.1 Å². The van der Waals surface area contributed by atoms with Gasteiger partial charge in [-0.2, -0.15) is 0 Å². The number of amides is 2. The molecule has 2 aromatic rings. The minimum absolute atomic E-state index is 0.0141. The fourth-order valence-electron chi connectivity index (χ4n) is 4.19. The molecule has 0 atom stereocenters. The van der Waals surface area contributed by atoms with Gasteiger partial charge in [0.25, 0.3) is 0 Å². The molecule has 0 unspecified atom stereocenters. The van der Waals surface area contributed by atoms with Gasteiger partial charge in [-0.3, -0.25) is 9.59 Å². The van der Waals surface area contributed by atoms with Crippen LogP contribution in [0.25, 0.3) is 0 Å². The quantitative estimate of drug-likeness (QED) is 0.576. The first-order valence-electron chi connectivity index (χ1n) is 11.2. The fraction of sp³-hybridized carbons (Fsp3) is 0.520. The molecule has 0 spiro atoms. The van der Waals surface area contributed by atoms with Crippen LogP contribution in [0.5, 0.6) is 0 Å². The highest BCUT2D eigenvalue weighted by Gasteiger charge is 2.29. The summed E-state index contributed by atoms with van der Waals surface area (Å²) in [5.41, 5.74) is 1.19. The summed E-state index contributed by atoms with van der Waals surface area (Å²) in [6.45, 7) is 5.77. The van der Waals surface area contributed by atoms with Crippen LogP contribution in [0.3, 0.4) is 0 Å². The van der Waals surface area contributed by atoms with Crippen LogP contribution in [0, 0.1) is 12.8 Å². The van der Waals surface area contributed by atoms with Crippen LogP contribution in [0.2, 0.25) is 0 Å². The molecule has 0 radical (unpaired) electrons. The molecular formula is C25H34N2O3. The molecule has 0 bridgehead atoms. The number of carbonyl (C=O) groups excluding carboxylic acids is 2. The summed E-state index contributed by atoms with van der Waals surface area (Å²) < 4.78 is 5.72. The molecule has 0 N–H and O–H groups in total. The minimum Gasteiger partial charge on any atom is -0.464 e. The van der Waals surface area contributed by atoms with Gasteiger partial charge in [0.05, 0.1) is 13.1 Å². The Kier molecular flexibility index (Phi) is 8.12. The van der Waals surface area contributed by atoms with Crippen LogP contribution in [-0.2, 0) is 22.6 Å². The van der Waals surface area contributed by atoms with E-state index in [1.807, 2.05) is 42.2 Å². The Bertz CT molecular complexity index is 809. The first-order chi connectivity index (χ1) is 14.6. The van der Waals surface area contributed by atoms with Crippen LogP contribution in [0.4, 0.5) is 0 Å². The molecule has 1 saturated carbocycles. The molecule has 1 aromatic heterocycles. The highest BCUT2D eigenvalue weighted by molar-refractivity contribution is 5.86. The third-order valence-electron chi connectivity index (χ3n) is 5.84. The number of nitrogens with zero attached hydrogens (tertiary/aromatic N) is 2. The number of carbonyl (C=O) groups is 2. The largest absolute Gasteiger partial charge is 0.464 e. The first-order valence-corrected chi connectivity index (χ1v) is 11.2. The Morgan fingerprint density at radius 1 is 1.00 bits per heavy atom. The molecule has 0 saturated heterocycles. The van der Waals surface area contributed by atoms with E-state index in [-0.39, 0.29) is 24.3 Å². The molecule has 1 aliphatic carbocycles. The summed E-state index contributed by atoms with van der Waals surface area (Å²) >= 11 is 0. The highest BCUT2D eigenvalue weighted by atomic mass is 16.3. The van der Waals surface area contributed by atoms with E-state index in [4.69, 9.17) is 4.42 Å². The molecule has 162 valence electrons. The number of benzene rings is 1. The monoisotopic (exact) mass is 410 g/mol. The highest BCUT2D eigenvalue weighted by Crippen LogP contribution is 2.26. The van der Waals surface area contributed by atoms with Gasteiger partial charge in [0.2, 0.25) is 11.8 Å². The number of aryl methyl sites for hydroxylation is 1. The summed E-state index contributed by atoms with van der Waals surface area (Å²) in [7, 11) is 0. The zero-order valence-corrected chi connectivity index (χ0v) is 18.3. The average molecular weight is 411 g/mol. The first kappa shape index (κ1) is 22.1. The van der Waals surface area contributed by atoms with E-state index in [9.17, 15) is 9.59 Å². The van der Waals surface area contributed by atoms with E-state index in [0.717, 1.165) is 50.0 Å². The van der Waals surface area contributed by atoms with Crippen molar-refractivity contribution in [1.82, 2.24) is 9.80 Å². The number of furan rings is 1.